The van der Waals surface area contributed by atoms with Gasteiger partial charge in [0.05, 0.1) is 25.0 Å². The van der Waals surface area contributed by atoms with Crippen LogP contribution < -0.4 is 15.8 Å². The van der Waals surface area contributed by atoms with Gasteiger partial charge in [0.2, 0.25) is 5.88 Å². The molecule has 2 heterocycles. The topological polar surface area (TPSA) is 112 Å². The van der Waals surface area contributed by atoms with Crippen LogP contribution in [0.4, 0.5) is 14.5 Å². The van der Waals surface area contributed by atoms with Crippen LogP contribution in [0.3, 0.4) is 0 Å². The lowest BCUT2D eigenvalue weighted by Gasteiger charge is -2.26. The molecular weight excluding hydrogens is 384 g/mol. The molecule has 8 nitrogen and oxygen atoms in total. The minimum atomic E-state index is -1.13. The molecule has 10 heteroatoms. The normalized spacial score (nSPS) is 18.2. The molecule has 1 aromatic carbocycles. The van der Waals surface area contributed by atoms with Crippen molar-refractivity contribution in [3.05, 3.63) is 47.4 Å². The second kappa shape index (κ2) is 8.52. The Hall–Kier alpha value is -3.74. The molecular formula is C19H17F2N5O3. The number of anilines is 1. The lowest BCUT2D eigenvalue weighted by molar-refractivity contribution is 0.102. The van der Waals surface area contributed by atoms with Gasteiger partial charge in [0.15, 0.2) is 18.2 Å². The Balaban J connectivity index is 1.82. The number of halogens is 2. The van der Waals surface area contributed by atoms with Crippen LogP contribution in [0.2, 0.25) is 0 Å². The number of hydrogen-bond acceptors (Lipinski definition) is 7. The van der Waals surface area contributed by atoms with Crippen LogP contribution in [0.15, 0.2) is 29.5 Å². The van der Waals surface area contributed by atoms with E-state index in [1.807, 2.05) is 0 Å². The number of nitrogens with two attached hydrogens (primary N) is 1. The van der Waals surface area contributed by atoms with E-state index in [2.05, 4.69) is 26.2 Å². The molecule has 150 valence electrons. The number of rotatable bonds is 5. The summed E-state index contributed by atoms with van der Waals surface area (Å²) >= 11 is 0. The maximum absolute atomic E-state index is 14.4. The average molecular weight is 401 g/mol. The van der Waals surface area contributed by atoms with E-state index in [1.54, 1.807) is 6.92 Å². The summed E-state index contributed by atoms with van der Waals surface area (Å²) in [7, 11) is 0. The van der Waals surface area contributed by atoms with Crippen LogP contribution in [-0.2, 0) is 4.74 Å². The van der Waals surface area contributed by atoms with Crippen molar-refractivity contribution in [2.45, 2.75) is 13.0 Å². The molecule has 3 N–H and O–H groups in total. The molecule has 0 aliphatic carbocycles. The SMILES string of the molecule is C#CCOc1cnc(C(=O)Nc2cc(F)c(F)c(C3N=C(N)OC[C@@H]3C)c2)cn1. The highest BCUT2D eigenvalue weighted by atomic mass is 19.2. The number of hydrogen-bond donors (Lipinski definition) is 2. The quantitative estimate of drug-likeness (QED) is 0.742. The van der Waals surface area contributed by atoms with Crippen LogP contribution in [0.25, 0.3) is 0 Å². The van der Waals surface area contributed by atoms with Crippen molar-refractivity contribution < 1.29 is 23.0 Å². The highest BCUT2D eigenvalue weighted by Crippen LogP contribution is 2.33. The first-order chi connectivity index (χ1) is 13.9. The van der Waals surface area contributed by atoms with Crippen molar-refractivity contribution >= 4 is 17.6 Å². The van der Waals surface area contributed by atoms with Crippen LogP contribution in [-0.4, -0.2) is 35.1 Å². The number of aliphatic imine (C=N–C) groups is 1. The Labute approximate surface area is 165 Å². The lowest BCUT2D eigenvalue weighted by atomic mass is 9.94. The van der Waals surface area contributed by atoms with E-state index in [9.17, 15) is 13.6 Å². The second-order valence-corrected chi connectivity index (χ2v) is 6.25. The van der Waals surface area contributed by atoms with Crippen molar-refractivity contribution in [2.24, 2.45) is 16.6 Å². The summed E-state index contributed by atoms with van der Waals surface area (Å²) < 4.78 is 38.7. The number of nitrogens with one attached hydrogen (secondary N) is 1. The number of nitrogens with zero attached hydrogens (tertiary/aromatic N) is 3. The Kier molecular flexibility index (Phi) is 5.87. The summed E-state index contributed by atoms with van der Waals surface area (Å²) in [5.41, 5.74) is 5.50. The van der Waals surface area contributed by atoms with E-state index in [-0.39, 0.29) is 48.0 Å². The predicted octanol–water partition coefficient (Wildman–Crippen LogP) is 2.04. The number of ether oxygens (including phenoxy) is 2. The van der Waals surface area contributed by atoms with Gasteiger partial charge in [0, 0.05) is 23.2 Å². The summed E-state index contributed by atoms with van der Waals surface area (Å²) in [5.74, 6) is -0.679. The van der Waals surface area contributed by atoms with Crippen LogP contribution >= 0.6 is 0 Å². The molecule has 2 atom stereocenters. The molecule has 1 aliphatic heterocycles. The van der Waals surface area contributed by atoms with Gasteiger partial charge in [-0.2, -0.15) is 0 Å². The van der Waals surface area contributed by atoms with Crippen LogP contribution in [0.5, 0.6) is 5.88 Å². The van der Waals surface area contributed by atoms with Crippen molar-refractivity contribution in [1.29, 1.82) is 0 Å². The molecule has 1 aliphatic rings. The number of aromatic nitrogens is 2. The molecule has 0 spiro atoms. The van der Waals surface area contributed by atoms with E-state index in [4.69, 9.17) is 21.6 Å². The minimum absolute atomic E-state index is 0.00941. The molecule has 0 saturated carbocycles. The Morgan fingerprint density at radius 1 is 1.41 bits per heavy atom. The van der Waals surface area contributed by atoms with Crippen LogP contribution in [0, 0.1) is 29.9 Å². The van der Waals surface area contributed by atoms with E-state index < -0.39 is 23.6 Å². The van der Waals surface area contributed by atoms with Crippen molar-refractivity contribution in [3.8, 4) is 18.2 Å². The van der Waals surface area contributed by atoms with Gasteiger partial charge in [0.1, 0.15) is 5.69 Å². The third-order valence-electron chi connectivity index (χ3n) is 4.10. The van der Waals surface area contributed by atoms with Crippen molar-refractivity contribution in [3.63, 3.8) is 0 Å². The first kappa shape index (κ1) is 20.0. The summed E-state index contributed by atoms with van der Waals surface area (Å²) in [6.45, 7) is 1.99. The van der Waals surface area contributed by atoms with E-state index >= 15 is 0 Å². The van der Waals surface area contributed by atoms with E-state index in [0.29, 0.717) is 0 Å². The molecule has 29 heavy (non-hydrogen) atoms. The van der Waals surface area contributed by atoms with E-state index in [0.717, 1.165) is 6.07 Å². The second-order valence-electron chi connectivity index (χ2n) is 6.25. The molecule has 2 aromatic rings. The summed E-state index contributed by atoms with van der Waals surface area (Å²) in [4.78, 5) is 24.2. The Bertz CT molecular complexity index is 989. The summed E-state index contributed by atoms with van der Waals surface area (Å²) in [6.07, 6.45) is 7.48. The Morgan fingerprint density at radius 2 is 2.21 bits per heavy atom. The minimum Gasteiger partial charge on any atom is -0.465 e. The fourth-order valence-electron chi connectivity index (χ4n) is 2.70. The maximum Gasteiger partial charge on any atom is 0.282 e. The molecule has 1 unspecified atom stereocenters. The maximum atomic E-state index is 14.4. The highest BCUT2D eigenvalue weighted by molar-refractivity contribution is 6.02. The third kappa shape index (κ3) is 4.57. The van der Waals surface area contributed by atoms with Crippen molar-refractivity contribution in [2.75, 3.05) is 18.5 Å². The largest absolute Gasteiger partial charge is 0.465 e. The van der Waals surface area contributed by atoms with Gasteiger partial charge in [-0.25, -0.2) is 23.7 Å². The summed E-state index contributed by atoms with van der Waals surface area (Å²) in [6, 6.07) is 1.32. The number of carbonyl (C=O) groups is 1. The number of amidine groups is 1. The number of terminal acetylenes is 1. The van der Waals surface area contributed by atoms with Gasteiger partial charge in [0.25, 0.3) is 11.9 Å². The third-order valence-corrected chi connectivity index (χ3v) is 4.10. The zero-order valence-electron chi connectivity index (χ0n) is 15.4. The molecule has 0 saturated heterocycles. The molecule has 3 rings (SSSR count). The number of benzene rings is 1. The zero-order chi connectivity index (χ0) is 21.0. The van der Waals surface area contributed by atoms with Gasteiger partial charge >= 0.3 is 0 Å². The van der Waals surface area contributed by atoms with Gasteiger partial charge in [-0.15, -0.1) is 6.42 Å². The molecule has 0 bridgehead atoms. The number of carbonyl (C=O) groups excluding carboxylic acids is 1. The van der Waals surface area contributed by atoms with Gasteiger partial charge in [-0.05, 0) is 6.07 Å². The first-order valence-corrected chi connectivity index (χ1v) is 8.53. The smallest absolute Gasteiger partial charge is 0.282 e. The van der Waals surface area contributed by atoms with Crippen LogP contribution in [0.1, 0.15) is 29.0 Å². The molecule has 0 fully saturated rings. The average Bonchev–Trinajstić information content (AvgIpc) is 2.71. The van der Waals surface area contributed by atoms with E-state index in [1.165, 1.54) is 18.5 Å². The summed E-state index contributed by atoms with van der Waals surface area (Å²) in [5, 5.41) is 2.46. The lowest BCUT2D eigenvalue weighted by Crippen LogP contribution is -2.30. The molecule has 1 amide bonds. The Morgan fingerprint density at radius 3 is 2.90 bits per heavy atom. The van der Waals surface area contributed by atoms with Gasteiger partial charge in [-0.1, -0.05) is 12.8 Å². The molecule has 1 aromatic heterocycles. The van der Waals surface area contributed by atoms with Crippen molar-refractivity contribution in [1.82, 2.24) is 9.97 Å². The molecule has 0 radical (unpaired) electrons. The highest BCUT2D eigenvalue weighted by Gasteiger charge is 2.29. The monoisotopic (exact) mass is 401 g/mol. The fourth-order valence-corrected chi connectivity index (χ4v) is 2.70. The fraction of sp³-hybridized carbons (Fsp3) is 0.263. The van der Waals surface area contributed by atoms with Gasteiger partial charge in [-0.3, -0.25) is 4.79 Å². The standard InChI is InChI=1S/C19H17F2N5O3/c1-3-4-28-15-8-23-14(7-24-15)18(27)25-11-5-12(16(21)13(20)6-11)17-10(2)9-29-19(22)26-17/h1,5-8,10,17H,4,9H2,2H3,(H2,22,26)(H,25,27)/t10-,17?/m0/s1. The first-order valence-electron chi connectivity index (χ1n) is 8.53. The van der Waals surface area contributed by atoms with Gasteiger partial charge < -0.3 is 20.5 Å². The number of amides is 1. The predicted molar refractivity (Wildman–Crippen MR) is 100 cm³/mol. The zero-order valence-corrected chi connectivity index (χ0v) is 15.4.